The summed E-state index contributed by atoms with van der Waals surface area (Å²) < 4.78 is 1.62. The SMILES string of the molecule is Nc1nccnc1C[C@H]1CCCN(C(=O)c2cnn3cccnc23)C1. The van der Waals surface area contributed by atoms with Gasteiger partial charge in [-0.15, -0.1) is 0 Å². The van der Waals surface area contributed by atoms with Crippen molar-refractivity contribution in [3.8, 4) is 0 Å². The van der Waals surface area contributed by atoms with Gasteiger partial charge >= 0.3 is 0 Å². The van der Waals surface area contributed by atoms with E-state index in [4.69, 9.17) is 5.73 Å². The van der Waals surface area contributed by atoms with E-state index in [1.54, 1.807) is 41.6 Å². The minimum Gasteiger partial charge on any atom is -0.382 e. The molecular weight excluding hydrogens is 318 g/mol. The molecule has 2 N–H and O–H groups in total. The molecule has 1 aliphatic heterocycles. The number of likely N-dealkylation sites (tertiary alicyclic amines) is 1. The maximum absolute atomic E-state index is 12.9. The molecule has 0 aromatic carbocycles. The van der Waals surface area contributed by atoms with E-state index < -0.39 is 0 Å². The maximum atomic E-state index is 12.9. The van der Waals surface area contributed by atoms with Crippen LogP contribution in [0.4, 0.5) is 5.82 Å². The van der Waals surface area contributed by atoms with Crippen LogP contribution < -0.4 is 5.73 Å². The number of aromatic nitrogens is 5. The van der Waals surface area contributed by atoms with Crippen LogP contribution in [0.25, 0.3) is 5.65 Å². The standard InChI is InChI=1S/C17H19N7O/c18-15-14(19-5-6-20-15)9-12-3-1-7-23(11-12)17(25)13-10-22-24-8-2-4-21-16(13)24/h2,4-6,8,10,12H,1,3,7,9,11H2,(H2,18,20)/t12-/m1/s1. The van der Waals surface area contributed by atoms with Crippen LogP contribution in [0.2, 0.25) is 0 Å². The number of carbonyl (C=O) groups is 1. The first kappa shape index (κ1) is 15.5. The second-order valence-corrected chi connectivity index (χ2v) is 6.30. The van der Waals surface area contributed by atoms with Crippen molar-refractivity contribution in [3.63, 3.8) is 0 Å². The highest BCUT2D eigenvalue weighted by atomic mass is 16.2. The minimum atomic E-state index is -0.0227. The average molecular weight is 337 g/mol. The average Bonchev–Trinajstić information content (AvgIpc) is 3.07. The number of anilines is 1. The number of amides is 1. The topological polar surface area (TPSA) is 102 Å². The first-order chi connectivity index (χ1) is 12.2. The maximum Gasteiger partial charge on any atom is 0.259 e. The van der Waals surface area contributed by atoms with Crippen molar-refractivity contribution >= 4 is 17.4 Å². The molecule has 8 heteroatoms. The van der Waals surface area contributed by atoms with Crippen LogP contribution in [0, 0.1) is 5.92 Å². The molecule has 8 nitrogen and oxygen atoms in total. The van der Waals surface area contributed by atoms with Crippen molar-refractivity contribution in [2.75, 3.05) is 18.8 Å². The first-order valence-electron chi connectivity index (χ1n) is 8.35. The monoisotopic (exact) mass is 337 g/mol. The lowest BCUT2D eigenvalue weighted by Crippen LogP contribution is -2.40. The van der Waals surface area contributed by atoms with Crippen molar-refractivity contribution < 1.29 is 4.79 Å². The van der Waals surface area contributed by atoms with Crippen molar-refractivity contribution in [1.82, 2.24) is 29.5 Å². The summed E-state index contributed by atoms with van der Waals surface area (Å²) in [4.78, 5) is 27.5. The van der Waals surface area contributed by atoms with Gasteiger partial charge < -0.3 is 10.6 Å². The zero-order valence-corrected chi connectivity index (χ0v) is 13.7. The fraction of sp³-hybridized carbons (Fsp3) is 0.353. The zero-order chi connectivity index (χ0) is 17.2. The van der Waals surface area contributed by atoms with Gasteiger partial charge in [-0.3, -0.25) is 9.78 Å². The number of nitrogens with two attached hydrogens (primary N) is 1. The second-order valence-electron chi connectivity index (χ2n) is 6.30. The Labute approximate surface area is 144 Å². The molecule has 0 saturated carbocycles. The Kier molecular flexibility index (Phi) is 4.01. The van der Waals surface area contributed by atoms with Crippen LogP contribution >= 0.6 is 0 Å². The van der Waals surface area contributed by atoms with Gasteiger partial charge in [0.25, 0.3) is 5.91 Å². The number of hydrogen-bond acceptors (Lipinski definition) is 6. The Morgan fingerprint density at radius 1 is 1.24 bits per heavy atom. The molecular formula is C17H19N7O. The summed E-state index contributed by atoms with van der Waals surface area (Å²) in [5, 5.41) is 4.20. The number of fused-ring (bicyclic) bond motifs is 1. The van der Waals surface area contributed by atoms with Gasteiger partial charge in [0.1, 0.15) is 11.4 Å². The summed E-state index contributed by atoms with van der Waals surface area (Å²) >= 11 is 0. The molecule has 0 bridgehead atoms. The van der Waals surface area contributed by atoms with Gasteiger partial charge in [0.15, 0.2) is 5.65 Å². The number of hydrogen-bond donors (Lipinski definition) is 1. The molecule has 1 amide bonds. The van der Waals surface area contributed by atoms with Crippen LogP contribution in [0.5, 0.6) is 0 Å². The third-order valence-corrected chi connectivity index (χ3v) is 4.60. The van der Waals surface area contributed by atoms with Gasteiger partial charge in [0, 0.05) is 37.9 Å². The molecule has 128 valence electrons. The van der Waals surface area contributed by atoms with E-state index in [-0.39, 0.29) is 5.91 Å². The fourth-order valence-electron chi connectivity index (χ4n) is 3.37. The van der Waals surface area contributed by atoms with Crippen LogP contribution in [0.3, 0.4) is 0 Å². The summed E-state index contributed by atoms with van der Waals surface area (Å²) in [6.45, 7) is 1.43. The van der Waals surface area contributed by atoms with Crippen molar-refractivity contribution in [1.29, 1.82) is 0 Å². The van der Waals surface area contributed by atoms with Gasteiger partial charge in [-0.1, -0.05) is 0 Å². The van der Waals surface area contributed by atoms with Crippen molar-refractivity contribution in [2.45, 2.75) is 19.3 Å². The third-order valence-electron chi connectivity index (χ3n) is 4.60. The van der Waals surface area contributed by atoms with E-state index >= 15 is 0 Å². The quantitative estimate of drug-likeness (QED) is 0.770. The summed E-state index contributed by atoms with van der Waals surface area (Å²) in [6, 6.07) is 1.79. The molecule has 1 saturated heterocycles. The minimum absolute atomic E-state index is 0.0227. The summed E-state index contributed by atoms with van der Waals surface area (Å²) in [5.41, 5.74) is 7.84. The third kappa shape index (κ3) is 3.02. The number of nitrogen functional groups attached to an aromatic ring is 1. The van der Waals surface area contributed by atoms with Crippen LogP contribution in [-0.4, -0.2) is 48.5 Å². The lowest BCUT2D eigenvalue weighted by atomic mass is 9.93. The molecule has 25 heavy (non-hydrogen) atoms. The fourth-order valence-corrected chi connectivity index (χ4v) is 3.37. The smallest absolute Gasteiger partial charge is 0.259 e. The Morgan fingerprint density at radius 2 is 2.12 bits per heavy atom. The molecule has 1 fully saturated rings. The molecule has 4 heterocycles. The molecule has 4 rings (SSSR count). The van der Waals surface area contributed by atoms with Crippen LogP contribution in [0.15, 0.2) is 37.1 Å². The number of nitrogens with zero attached hydrogens (tertiary/aromatic N) is 6. The lowest BCUT2D eigenvalue weighted by Gasteiger charge is -2.32. The predicted molar refractivity (Wildman–Crippen MR) is 91.8 cm³/mol. The largest absolute Gasteiger partial charge is 0.382 e. The second kappa shape index (κ2) is 6.46. The highest BCUT2D eigenvalue weighted by Gasteiger charge is 2.27. The van der Waals surface area contributed by atoms with Crippen LogP contribution in [-0.2, 0) is 6.42 Å². The summed E-state index contributed by atoms with van der Waals surface area (Å²) in [6.07, 6.45) is 11.0. The van der Waals surface area contributed by atoms with E-state index in [2.05, 4.69) is 20.1 Å². The Hall–Kier alpha value is -3.03. The van der Waals surface area contributed by atoms with Gasteiger partial charge in [0.2, 0.25) is 0 Å². The van der Waals surface area contributed by atoms with Gasteiger partial charge in [-0.05, 0) is 31.2 Å². The Morgan fingerprint density at radius 3 is 3.00 bits per heavy atom. The molecule has 0 radical (unpaired) electrons. The molecule has 1 aliphatic rings. The van der Waals surface area contributed by atoms with Gasteiger partial charge in [0.05, 0.1) is 11.9 Å². The van der Waals surface area contributed by atoms with E-state index in [0.717, 1.165) is 31.5 Å². The Bertz CT molecular complexity index is 907. The highest BCUT2D eigenvalue weighted by Crippen LogP contribution is 2.23. The summed E-state index contributed by atoms with van der Waals surface area (Å²) in [7, 11) is 0. The van der Waals surface area contributed by atoms with E-state index in [9.17, 15) is 4.79 Å². The highest BCUT2D eigenvalue weighted by molar-refractivity contribution is 5.99. The molecule has 1 atom stereocenters. The Balaban J connectivity index is 1.51. The summed E-state index contributed by atoms with van der Waals surface area (Å²) in [5.74, 6) is 0.773. The predicted octanol–water partition coefficient (Wildman–Crippen LogP) is 1.20. The van der Waals surface area contributed by atoms with Gasteiger partial charge in [-0.2, -0.15) is 5.10 Å². The van der Waals surface area contributed by atoms with Crippen molar-refractivity contribution in [3.05, 3.63) is 48.3 Å². The van der Waals surface area contributed by atoms with E-state index in [1.807, 2.05) is 4.90 Å². The molecule has 3 aromatic heterocycles. The molecule has 3 aromatic rings. The molecule has 0 aliphatic carbocycles. The number of piperidine rings is 1. The first-order valence-corrected chi connectivity index (χ1v) is 8.35. The van der Waals surface area contributed by atoms with E-state index in [0.29, 0.717) is 29.5 Å². The van der Waals surface area contributed by atoms with Crippen LogP contribution in [0.1, 0.15) is 28.9 Å². The van der Waals surface area contributed by atoms with Gasteiger partial charge in [-0.25, -0.2) is 14.5 Å². The molecule has 0 spiro atoms. The number of carbonyl (C=O) groups excluding carboxylic acids is 1. The van der Waals surface area contributed by atoms with Crippen molar-refractivity contribution in [2.24, 2.45) is 5.92 Å². The van der Waals surface area contributed by atoms with E-state index in [1.165, 1.54) is 0 Å². The lowest BCUT2D eigenvalue weighted by molar-refractivity contribution is 0.0674. The number of rotatable bonds is 3. The zero-order valence-electron chi connectivity index (χ0n) is 13.7. The normalized spacial score (nSPS) is 17.8. The molecule has 0 unspecified atom stereocenters.